The van der Waals surface area contributed by atoms with E-state index in [-0.39, 0.29) is 17.6 Å². The molecule has 0 amide bonds. The molecule has 0 bridgehead atoms. The Labute approximate surface area is 92.5 Å². The van der Waals surface area contributed by atoms with Gasteiger partial charge in [-0.1, -0.05) is 19.3 Å². The molecule has 0 aromatic carbocycles. The topological polar surface area (TPSA) is 26.3 Å². The molecule has 0 atom stereocenters. The second-order valence-electron chi connectivity index (χ2n) is 3.97. The Bertz CT molecular complexity index is 275. The van der Waals surface area contributed by atoms with Crippen molar-refractivity contribution in [1.29, 1.82) is 0 Å². The van der Waals surface area contributed by atoms with Crippen molar-refractivity contribution < 1.29 is 22.7 Å². The third-order valence-electron chi connectivity index (χ3n) is 2.79. The Morgan fingerprint density at radius 2 is 1.81 bits per heavy atom. The highest BCUT2D eigenvalue weighted by Crippen LogP contribution is 2.32. The largest absolute Gasteiger partial charge is 0.466 e. The lowest BCUT2D eigenvalue weighted by Gasteiger charge is -2.23. The number of methoxy groups -OCH3 is 1. The highest BCUT2D eigenvalue weighted by atomic mass is 19.4. The normalized spacial score (nSPS) is 19.6. The average Bonchev–Trinajstić information content (AvgIpc) is 2.25. The molecule has 92 valence electrons. The van der Waals surface area contributed by atoms with Gasteiger partial charge in [-0.2, -0.15) is 13.2 Å². The van der Waals surface area contributed by atoms with Crippen molar-refractivity contribution in [3.05, 3.63) is 11.6 Å². The first kappa shape index (κ1) is 13.1. The van der Waals surface area contributed by atoms with Gasteiger partial charge in [0.05, 0.1) is 7.11 Å². The van der Waals surface area contributed by atoms with Crippen LogP contribution in [0, 0.1) is 5.92 Å². The maximum absolute atomic E-state index is 12.3. The zero-order valence-electron chi connectivity index (χ0n) is 9.14. The summed E-state index contributed by atoms with van der Waals surface area (Å²) in [6, 6.07) is 0. The molecule has 0 spiro atoms. The van der Waals surface area contributed by atoms with Crippen LogP contribution in [-0.2, 0) is 9.53 Å². The number of hydrogen-bond donors (Lipinski definition) is 0. The number of carbonyl (C=O) groups excluding carboxylic acids is 1. The third-order valence-corrected chi connectivity index (χ3v) is 2.79. The van der Waals surface area contributed by atoms with E-state index in [4.69, 9.17) is 0 Å². The van der Waals surface area contributed by atoms with Gasteiger partial charge in [-0.15, -0.1) is 0 Å². The van der Waals surface area contributed by atoms with Crippen LogP contribution in [0.2, 0.25) is 0 Å². The van der Waals surface area contributed by atoms with Gasteiger partial charge in [-0.25, -0.2) is 4.79 Å². The standard InChI is InChI=1S/C11H15F3O2/c1-16-10(15)9(7-11(12,13)14)8-5-3-2-4-6-8/h7-8H,2-6H2,1H3. The van der Waals surface area contributed by atoms with Gasteiger partial charge in [0, 0.05) is 11.6 Å². The lowest BCUT2D eigenvalue weighted by atomic mass is 9.83. The first-order valence-corrected chi connectivity index (χ1v) is 5.32. The summed E-state index contributed by atoms with van der Waals surface area (Å²) in [6.07, 6.45) is -0.325. The Hall–Kier alpha value is -1.00. The summed E-state index contributed by atoms with van der Waals surface area (Å²) in [5, 5.41) is 0. The molecule has 0 aromatic heterocycles. The molecule has 2 nitrogen and oxygen atoms in total. The van der Waals surface area contributed by atoms with Gasteiger partial charge in [0.1, 0.15) is 0 Å². The summed E-state index contributed by atoms with van der Waals surface area (Å²) < 4.78 is 41.2. The average molecular weight is 236 g/mol. The fourth-order valence-corrected chi connectivity index (χ4v) is 2.05. The van der Waals surface area contributed by atoms with Crippen molar-refractivity contribution in [3.8, 4) is 0 Å². The number of allylic oxidation sites excluding steroid dienone is 1. The molecule has 0 N–H and O–H groups in total. The van der Waals surface area contributed by atoms with Crippen LogP contribution in [-0.4, -0.2) is 19.3 Å². The molecule has 0 unspecified atom stereocenters. The zero-order chi connectivity index (χ0) is 12.2. The Balaban J connectivity index is 2.86. The number of halogens is 3. The van der Waals surface area contributed by atoms with Gasteiger partial charge in [0.15, 0.2) is 0 Å². The van der Waals surface area contributed by atoms with E-state index in [1.807, 2.05) is 0 Å². The molecular formula is C11H15F3O2. The summed E-state index contributed by atoms with van der Waals surface area (Å²) in [4.78, 5) is 11.3. The molecule has 1 fully saturated rings. The van der Waals surface area contributed by atoms with Gasteiger partial charge >= 0.3 is 12.1 Å². The molecule has 0 aromatic rings. The van der Waals surface area contributed by atoms with E-state index in [1.54, 1.807) is 0 Å². The third kappa shape index (κ3) is 3.87. The van der Waals surface area contributed by atoms with Gasteiger partial charge < -0.3 is 4.74 Å². The minimum Gasteiger partial charge on any atom is -0.466 e. The smallest absolute Gasteiger partial charge is 0.410 e. The predicted molar refractivity (Wildman–Crippen MR) is 52.7 cm³/mol. The number of alkyl halides is 3. The van der Waals surface area contributed by atoms with Crippen LogP contribution >= 0.6 is 0 Å². The first-order valence-electron chi connectivity index (χ1n) is 5.32. The molecule has 0 aliphatic heterocycles. The van der Waals surface area contributed by atoms with Crippen LogP contribution in [0.4, 0.5) is 13.2 Å². The van der Waals surface area contributed by atoms with Crippen molar-refractivity contribution in [3.63, 3.8) is 0 Å². The second-order valence-corrected chi connectivity index (χ2v) is 3.97. The van der Waals surface area contributed by atoms with E-state index >= 15 is 0 Å². The van der Waals surface area contributed by atoms with Crippen LogP contribution in [0.5, 0.6) is 0 Å². The molecule has 1 saturated carbocycles. The SMILES string of the molecule is COC(=O)C(=CC(F)(F)F)C1CCCCC1. The van der Waals surface area contributed by atoms with Crippen LogP contribution in [0.3, 0.4) is 0 Å². The lowest BCUT2D eigenvalue weighted by Crippen LogP contribution is -2.20. The van der Waals surface area contributed by atoms with Crippen LogP contribution in [0.15, 0.2) is 11.6 Å². The van der Waals surface area contributed by atoms with Gasteiger partial charge in [-0.3, -0.25) is 0 Å². The fraction of sp³-hybridized carbons (Fsp3) is 0.727. The first-order chi connectivity index (χ1) is 7.44. The van der Waals surface area contributed by atoms with Crippen molar-refractivity contribution in [2.75, 3.05) is 7.11 Å². The Morgan fingerprint density at radius 3 is 2.25 bits per heavy atom. The number of rotatable bonds is 2. The van der Waals surface area contributed by atoms with Crippen molar-refractivity contribution >= 4 is 5.97 Å². The number of esters is 1. The molecule has 16 heavy (non-hydrogen) atoms. The van der Waals surface area contributed by atoms with Crippen LogP contribution in [0.1, 0.15) is 32.1 Å². The molecule has 1 aliphatic rings. The minimum absolute atomic E-state index is 0.0921. The van der Waals surface area contributed by atoms with Gasteiger partial charge in [0.25, 0.3) is 0 Å². The van der Waals surface area contributed by atoms with Gasteiger partial charge in [0.2, 0.25) is 0 Å². The van der Waals surface area contributed by atoms with E-state index in [0.29, 0.717) is 12.8 Å². The molecular weight excluding hydrogens is 221 g/mol. The summed E-state index contributed by atoms with van der Waals surface area (Å²) in [7, 11) is 1.11. The van der Waals surface area contributed by atoms with E-state index in [1.165, 1.54) is 0 Å². The molecule has 5 heteroatoms. The minimum atomic E-state index is -4.46. The fourth-order valence-electron chi connectivity index (χ4n) is 2.05. The van der Waals surface area contributed by atoms with E-state index < -0.39 is 12.1 Å². The lowest BCUT2D eigenvalue weighted by molar-refractivity contribution is -0.137. The molecule has 1 aliphatic carbocycles. The maximum atomic E-state index is 12.3. The predicted octanol–water partition coefficient (Wildman–Crippen LogP) is 3.23. The summed E-state index contributed by atoms with van der Waals surface area (Å²) in [5.41, 5.74) is -0.227. The van der Waals surface area contributed by atoms with Gasteiger partial charge in [-0.05, 0) is 18.8 Å². The van der Waals surface area contributed by atoms with Crippen LogP contribution < -0.4 is 0 Å². The van der Waals surface area contributed by atoms with Crippen molar-refractivity contribution in [2.45, 2.75) is 38.3 Å². The highest BCUT2D eigenvalue weighted by molar-refractivity contribution is 5.89. The van der Waals surface area contributed by atoms with E-state index in [9.17, 15) is 18.0 Å². The van der Waals surface area contributed by atoms with E-state index in [2.05, 4.69) is 4.74 Å². The van der Waals surface area contributed by atoms with Crippen molar-refractivity contribution in [1.82, 2.24) is 0 Å². The number of ether oxygens (including phenoxy) is 1. The zero-order valence-corrected chi connectivity index (χ0v) is 9.14. The molecule has 0 saturated heterocycles. The Morgan fingerprint density at radius 1 is 1.25 bits per heavy atom. The van der Waals surface area contributed by atoms with Crippen LogP contribution in [0.25, 0.3) is 0 Å². The Kier molecular flexibility index (Phi) is 4.38. The maximum Gasteiger partial charge on any atom is 0.410 e. The quantitative estimate of drug-likeness (QED) is 0.543. The molecule has 0 radical (unpaired) electrons. The summed E-state index contributed by atoms with van der Waals surface area (Å²) >= 11 is 0. The number of carbonyl (C=O) groups is 1. The number of hydrogen-bond acceptors (Lipinski definition) is 2. The highest BCUT2D eigenvalue weighted by Gasteiger charge is 2.31. The van der Waals surface area contributed by atoms with E-state index in [0.717, 1.165) is 26.4 Å². The van der Waals surface area contributed by atoms with Crippen molar-refractivity contribution in [2.24, 2.45) is 5.92 Å². The summed E-state index contributed by atoms with van der Waals surface area (Å²) in [5.74, 6) is -1.16. The summed E-state index contributed by atoms with van der Waals surface area (Å²) in [6.45, 7) is 0. The molecule has 0 heterocycles. The second kappa shape index (κ2) is 5.37. The molecule has 1 rings (SSSR count). The monoisotopic (exact) mass is 236 g/mol.